The zero-order valence-corrected chi connectivity index (χ0v) is 39.0. The summed E-state index contributed by atoms with van der Waals surface area (Å²) in [5.41, 5.74) is -0.686. The average Bonchev–Trinajstić information content (AvgIpc) is 3.17. The van der Waals surface area contributed by atoms with Crippen LogP contribution in [0.25, 0.3) is 0 Å². The van der Waals surface area contributed by atoms with Gasteiger partial charge in [0.2, 0.25) is 0 Å². The second-order valence-corrected chi connectivity index (χ2v) is 18.7. The molecule has 0 aromatic heterocycles. The first kappa shape index (κ1) is 56.3. The fourth-order valence-corrected chi connectivity index (χ4v) is 7.49. The minimum atomic E-state index is -4.56. The molecule has 0 aliphatic rings. The molecule has 0 heterocycles. The van der Waals surface area contributed by atoms with Gasteiger partial charge in [-0.05, 0) is 33.6 Å². The van der Waals surface area contributed by atoms with Gasteiger partial charge in [-0.1, -0.05) is 194 Å². The Morgan fingerprint density at radius 1 is 0.534 bits per heavy atom. The van der Waals surface area contributed by atoms with Gasteiger partial charge in [0.05, 0.1) is 13.2 Å². The van der Waals surface area contributed by atoms with E-state index in [0.29, 0.717) is 12.8 Å². The molecule has 12 heteroatoms. The maximum Gasteiger partial charge on any atom is 0.472 e. The summed E-state index contributed by atoms with van der Waals surface area (Å²) in [5, 5.41) is 2.44. The van der Waals surface area contributed by atoms with E-state index >= 15 is 0 Å². The lowest BCUT2D eigenvalue weighted by Gasteiger charge is -2.21. The van der Waals surface area contributed by atoms with E-state index in [1.807, 2.05) is 0 Å². The number of phosphoric ester groups is 1. The summed E-state index contributed by atoms with van der Waals surface area (Å²) in [4.78, 5) is 47.3. The third-order valence-corrected chi connectivity index (χ3v) is 11.1. The molecule has 0 aromatic rings. The Balaban J connectivity index is 4.45. The number of esters is 2. The highest BCUT2D eigenvalue weighted by molar-refractivity contribution is 7.47. The van der Waals surface area contributed by atoms with Crippen molar-refractivity contribution in [2.45, 2.75) is 252 Å². The molecule has 11 nitrogen and oxygen atoms in total. The van der Waals surface area contributed by atoms with Crippen molar-refractivity contribution in [3.05, 3.63) is 0 Å². The molecule has 0 aliphatic carbocycles. The van der Waals surface area contributed by atoms with Crippen molar-refractivity contribution in [1.29, 1.82) is 0 Å². The predicted octanol–water partition coefficient (Wildman–Crippen LogP) is 13.6. The SMILES string of the molecule is CCCCCCCCCCCCCCCCCC(=O)OC[C@H](COP(=O)(O)OCCNC(=O)OC(C)(C)C)OC(=O)CCCCCCCCCCCCCCCCC. The van der Waals surface area contributed by atoms with E-state index in [1.165, 1.54) is 148 Å². The monoisotopic (exact) mass is 848 g/mol. The van der Waals surface area contributed by atoms with Gasteiger partial charge in [-0.15, -0.1) is 0 Å². The van der Waals surface area contributed by atoms with Gasteiger partial charge in [-0.3, -0.25) is 18.6 Å². The van der Waals surface area contributed by atoms with E-state index in [-0.39, 0.29) is 32.6 Å². The molecule has 1 amide bonds. The van der Waals surface area contributed by atoms with E-state index in [2.05, 4.69) is 19.2 Å². The molecule has 344 valence electrons. The third-order valence-electron chi connectivity index (χ3n) is 10.1. The smallest absolute Gasteiger partial charge is 0.462 e. The minimum absolute atomic E-state index is 0.0859. The molecule has 0 aliphatic heterocycles. The summed E-state index contributed by atoms with van der Waals surface area (Å²) >= 11 is 0. The zero-order chi connectivity index (χ0) is 43.0. The van der Waals surface area contributed by atoms with Gasteiger partial charge < -0.3 is 24.4 Å². The highest BCUT2D eigenvalue weighted by Crippen LogP contribution is 2.43. The highest BCUT2D eigenvalue weighted by Gasteiger charge is 2.26. The van der Waals surface area contributed by atoms with Crippen LogP contribution in [0, 0.1) is 0 Å². The molecule has 2 N–H and O–H groups in total. The molecular weight excluding hydrogens is 757 g/mol. The molecular formula is C46H90NO10P. The average molecular weight is 848 g/mol. The lowest BCUT2D eigenvalue weighted by molar-refractivity contribution is -0.161. The number of hydrogen-bond acceptors (Lipinski definition) is 9. The van der Waals surface area contributed by atoms with E-state index in [0.717, 1.165) is 32.1 Å². The van der Waals surface area contributed by atoms with Crippen LogP contribution in [0.4, 0.5) is 4.79 Å². The van der Waals surface area contributed by atoms with Crippen molar-refractivity contribution < 1.29 is 47.1 Å². The van der Waals surface area contributed by atoms with E-state index in [9.17, 15) is 23.8 Å². The second kappa shape index (κ2) is 39.5. The van der Waals surface area contributed by atoms with Crippen molar-refractivity contribution in [2.24, 2.45) is 0 Å². The summed E-state index contributed by atoms with van der Waals surface area (Å²) in [7, 11) is -4.56. The molecule has 0 saturated heterocycles. The number of ether oxygens (including phenoxy) is 3. The van der Waals surface area contributed by atoms with Crippen molar-refractivity contribution in [3.63, 3.8) is 0 Å². The molecule has 0 spiro atoms. The van der Waals surface area contributed by atoms with Crippen LogP contribution in [0.3, 0.4) is 0 Å². The minimum Gasteiger partial charge on any atom is -0.462 e. The fourth-order valence-electron chi connectivity index (χ4n) is 6.74. The van der Waals surface area contributed by atoms with Crippen LogP contribution in [-0.2, 0) is 37.4 Å². The topological polar surface area (TPSA) is 147 Å². The van der Waals surface area contributed by atoms with Crippen LogP contribution in [0.15, 0.2) is 0 Å². The number of rotatable bonds is 42. The molecule has 0 aromatic carbocycles. The van der Waals surface area contributed by atoms with Gasteiger partial charge in [0.25, 0.3) is 0 Å². The van der Waals surface area contributed by atoms with Crippen LogP contribution in [-0.4, -0.2) is 61.0 Å². The number of carbonyl (C=O) groups is 3. The van der Waals surface area contributed by atoms with E-state index in [1.54, 1.807) is 20.8 Å². The van der Waals surface area contributed by atoms with Crippen LogP contribution in [0.1, 0.15) is 240 Å². The van der Waals surface area contributed by atoms with Gasteiger partial charge in [0.15, 0.2) is 6.10 Å². The molecule has 0 radical (unpaired) electrons. The Kier molecular flexibility index (Phi) is 38.3. The number of unbranched alkanes of at least 4 members (excludes halogenated alkanes) is 28. The number of phosphoric acid groups is 1. The van der Waals surface area contributed by atoms with E-state index < -0.39 is 44.2 Å². The zero-order valence-electron chi connectivity index (χ0n) is 38.1. The molecule has 0 bridgehead atoms. The molecule has 0 rings (SSSR count). The van der Waals surface area contributed by atoms with Gasteiger partial charge in [-0.2, -0.15) is 0 Å². The Bertz CT molecular complexity index is 1020. The Labute approximate surface area is 355 Å². The van der Waals surface area contributed by atoms with Gasteiger partial charge >= 0.3 is 25.9 Å². The first-order chi connectivity index (χ1) is 27.9. The molecule has 0 saturated carbocycles. The lowest BCUT2D eigenvalue weighted by atomic mass is 10.0. The third kappa shape index (κ3) is 42.4. The van der Waals surface area contributed by atoms with E-state index in [4.69, 9.17) is 23.3 Å². The van der Waals surface area contributed by atoms with Crippen molar-refractivity contribution in [3.8, 4) is 0 Å². The lowest BCUT2D eigenvalue weighted by Crippen LogP contribution is -2.34. The van der Waals surface area contributed by atoms with Crippen LogP contribution < -0.4 is 5.32 Å². The van der Waals surface area contributed by atoms with Gasteiger partial charge in [0.1, 0.15) is 12.2 Å². The number of alkyl carbamates (subject to hydrolysis) is 1. The number of amides is 1. The number of carbonyl (C=O) groups excluding carboxylic acids is 3. The first-order valence-electron chi connectivity index (χ1n) is 23.8. The van der Waals surface area contributed by atoms with Crippen molar-refractivity contribution in [1.82, 2.24) is 5.32 Å². The standard InChI is InChI=1S/C46H90NO10P/c1-6-8-10-12-14-16-18-20-22-24-26-28-30-32-34-36-43(48)53-40-42(41-55-58(51,52)54-39-38-47-45(50)57-46(3,4)5)56-44(49)37-35-33-31-29-27-25-23-21-19-17-15-13-11-9-7-2/h42H,6-41H2,1-5H3,(H,47,50)(H,51,52)/t42-/m1/s1. The highest BCUT2D eigenvalue weighted by atomic mass is 31.2. The Morgan fingerprint density at radius 3 is 1.28 bits per heavy atom. The van der Waals surface area contributed by atoms with Crippen molar-refractivity contribution in [2.75, 3.05) is 26.4 Å². The largest absolute Gasteiger partial charge is 0.472 e. The Morgan fingerprint density at radius 2 is 0.897 bits per heavy atom. The summed E-state index contributed by atoms with van der Waals surface area (Å²) in [6, 6.07) is 0. The summed E-state index contributed by atoms with van der Waals surface area (Å²) in [5.74, 6) is -0.883. The molecule has 58 heavy (non-hydrogen) atoms. The summed E-state index contributed by atoms with van der Waals surface area (Å²) in [6.07, 6.45) is 35.6. The second-order valence-electron chi connectivity index (χ2n) is 17.2. The molecule has 0 fully saturated rings. The molecule has 1 unspecified atom stereocenters. The van der Waals surface area contributed by atoms with Crippen molar-refractivity contribution >= 4 is 25.9 Å². The quantitative estimate of drug-likeness (QED) is 0.0263. The first-order valence-corrected chi connectivity index (χ1v) is 25.3. The van der Waals surface area contributed by atoms with Crippen LogP contribution in [0.5, 0.6) is 0 Å². The normalized spacial score (nSPS) is 13.2. The van der Waals surface area contributed by atoms with Gasteiger partial charge in [0, 0.05) is 19.4 Å². The summed E-state index contributed by atoms with van der Waals surface area (Å²) < 4.78 is 38.7. The maximum absolute atomic E-state index is 12.7. The predicted molar refractivity (Wildman–Crippen MR) is 236 cm³/mol. The Hall–Kier alpha value is -1.68. The number of nitrogens with one attached hydrogen (secondary N) is 1. The molecule has 2 atom stereocenters. The fraction of sp³-hybridized carbons (Fsp3) is 0.935. The van der Waals surface area contributed by atoms with Crippen LogP contribution in [0.2, 0.25) is 0 Å². The maximum atomic E-state index is 12.7. The number of hydrogen-bond donors (Lipinski definition) is 2. The summed E-state index contributed by atoms with van der Waals surface area (Å²) in [6.45, 7) is 8.49. The van der Waals surface area contributed by atoms with Gasteiger partial charge in [-0.25, -0.2) is 9.36 Å². The van der Waals surface area contributed by atoms with Crippen LogP contribution >= 0.6 is 7.82 Å².